The van der Waals surface area contributed by atoms with Crippen LogP contribution in [0.5, 0.6) is 5.75 Å². The van der Waals surface area contributed by atoms with Gasteiger partial charge in [-0.2, -0.15) is 4.98 Å². The summed E-state index contributed by atoms with van der Waals surface area (Å²) in [5, 5.41) is 7.30. The van der Waals surface area contributed by atoms with Crippen LogP contribution >= 0.6 is 11.3 Å². The monoisotopic (exact) mass is 487 g/mol. The summed E-state index contributed by atoms with van der Waals surface area (Å²) in [4.78, 5) is 36.1. The lowest BCUT2D eigenvalue weighted by Gasteiger charge is -2.11. The van der Waals surface area contributed by atoms with Crippen LogP contribution in [0.15, 0.2) is 64.2 Å². The molecule has 5 aromatic rings. The van der Waals surface area contributed by atoms with Crippen LogP contribution in [0.25, 0.3) is 32.4 Å². The Balaban J connectivity index is 1.44. The van der Waals surface area contributed by atoms with Gasteiger partial charge in [0.15, 0.2) is 0 Å². The van der Waals surface area contributed by atoms with Gasteiger partial charge in [0, 0.05) is 5.56 Å². The number of methoxy groups -OCH3 is 1. The molecule has 0 bridgehead atoms. The van der Waals surface area contributed by atoms with E-state index in [1.165, 1.54) is 29.3 Å². The van der Waals surface area contributed by atoms with Crippen LogP contribution in [0, 0.1) is 13.8 Å². The number of rotatable bonds is 6. The average molecular weight is 488 g/mol. The molecule has 3 aromatic heterocycles. The van der Waals surface area contributed by atoms with Crippen molar-refractivity contribution in [3.8, 4) is 27.9 Å². The molecule has 1 N–H and O–H groups in total. The van der Waals surface area contributed by atoms with Crippen molar-refractivity contribution in [3.05, 3.63) is 76.3 Å². The first-order valence-corrected chi connectivity index (χ1v) is 11.6. The number of amides is 1. The largest absolute Gasteiger partial charge is 0.495 e. The van der Waals surface area contributed by atoms with E-state index >= 15 is 0 Å². The standard InChI is InChI=1S/C25H21N5O4S/c1-14-9-10-18(33-3)17(11-14)27-19(31)12-30-13-26-24-20(25(30)32)15(2)21(35-24)23-28-22(29-34-23)16-7-5-4-6-8-16/h4-11,13H,12H2,1-3H3,(H,27,31). The first-order chi connectivity index (χ1) is 16.9. The zero-order valence-electron chi connectivity index (χ0n) is 19.2. The van der Waals surface area contributed by atoms with Crippen molar-refractivity contribution < 1.29 is 14.1 Å². The van der Waals surface area contributed by atoms with Crippen molar-refractivity contribution >= 4 is 33.1 Å². The number of nitrogens with one attached hydrogen (secondary N) is 1. The quantitative estimate of drug-likeness (QED) is 0.377. The highest BCUT2D eigenvalue weighted by Crippen LogP contribution is 2.35. The summed E-state index contributed by atoms with van der Waals surface area (Å²) in [5.41, 5.74) is 2.71. The molecule has 176 valence electrons. The second-order valence-corrected chi connectivity index (χ2v) is 8.95. The van der Waals surface area contributed by atoms with Crippen LogP contribution in [0.1, 0.15) is 11.1 Å². The molecule has 0 aliphatic carbocycles. The summed E-state index contributed by atoms with van der Waals surface area (Å²) in [6, 6.07) is 15.0. The summed E-state index contributed by atoms with van der Waals surface area (Å²) in [6.07, 6.45) is 1.38. The number of ether oxygens (including phenoxy) is 1. The zero-order valence-corrected chi connectivity index (χ0v) is 20.0. The highest BCUT2D eigenvalue weighted by molar-refractivity contribution is 7.22. The van der Waals surface area contributed by atoms with E-state index in [4.69, 9.17) is 9.26 Å². The average Bonchev–Trinajstić information content (AvgIpc) is 3.47. The molecule has 0 spiro atoms. The van der Waals surface area contributed by atoms with Gasteiger partial charge in [0.2, 0.25) is 11.7 Å². The van der Waals surface area contributed by atoms with Crippen LogP contribution in [0.4, 0.5) is 5.69 Å². The summed E-state index contributed by atoms with van der Waals surface area (Å²) >= 11 is 1.30. The van der Waals surface area contributed by atoms with Crippen LogP contribution in [-0.4, -0.2) is 32.7 Å². The molecule has 0 fully saturated rings. The first kappa shape index (κ1) is 22.5. The minimum Gasteiger partial charge on any atom is -0.495 e. The highest BCUT2D eigenvalue weighted by Gasteiger charge is 2.21. The number of carbonyl (C=O) groups excluding carboxylic acids is 1. The lowest BCUT2D eigenvalue weighted by atomic mass is 10.2. The van der Waals surface area contributed by atoms with E-state index in [0.29, 0.717) is 43.8 Å². The molecule has 1 amide bonds. The lowest BCUT2D eigenvalue weighted by molar-refractivity contribution is -0.116. The SMILES string of the molecule is COc1ccc(C)cc1NC(=O)Cn1cnc2sc(-c3nc(-c4ccccc4)no3)c(C)c2c1=O. The Morgan fingerprint density at radius 3 is 2.74 bits per heavy atom. The van der Waals surface area contributed by atoms with Gasteiger partial charge in [-0.25, -0.2) is 4.98 Å². The van der Waals surface area contributed by atoms with Crippen LogP contribution in [0.2, 0.25) is 0 Å². The van der Waals surface area contributed by atoms with Gasteiger partial charge >= 0.3 is 0 Å². The van der Waals surface area contributed by atoms with Crippen molar-refractivity contribution in [2.24, 2.45) is 0 Å². The van der Waals surface area contributed by atoms with Crippen LogP contribution in [-0.2, 0) is 11.3 Å². The molecule has 0 aliphatic heterocycles. The Morgan fingerprint density at radius 2 is 1.97 bits per heavy atom. The fraction of sp³-hybridized carbons (Fsp3) is 0.160. The Bertz CT molecular complexity index is 1600. The van der Waals surface area contributed by atoms with E-state index in [2.05, 4.69) is 20.4 Å². The Hall–Kier alpha value is -4.31. The zero-order chi connectivity index (χ0) is 24.5. The molecule has 2 aromatic carbocycles. The number of hydrogen-bond acceptors (Lipinski definition) is 8. The molecule has 0 aliphatic rings. The highest BCUT2D eigenvalue weighted by atomic mass is 32.1. The predicted molar refractivity (Wildman–Crippen MR) is 134 cm³/mol. The minimum absolute atomic E-state index is 0.192. The van der Waals surface area contributed by atoms with E-state index in [0.717, 1.165) is 11.1 Å². The fourth-order valence-electron chi connectivity index (χ4n) is 3.76. The predicted octanol–water partition coefficient (Wildman–Crippen LogP) is 4.44. The van der Waals surface area contributed by atoms with Gasteiger partial charge in [-0.3, -0.25) is 14.2 Å². The van der Waals surface area contributed by atoms with E-state index in [1.807, 2.05) is 56.3 Å². The molecule has 0 radical (unpaired) electrons. The molecule has 10 heteroatoms. The molecule has 5 rings (SSSR count). The summed E-state index contributed by atoms with van der Waals surface area (Å²) in [5.74, 6) is 0.956. The summed E-state index contributed by atoms with van der Waals surface area (Å²) < 4.78 is 12.1. The Kier molecular flexibility index (Phi) is 5.87. The van der Waals surface area contributed by atoms with E-state index in [1.54, 1.807) is 6.07 Å². The number of aryl methyl sites for hydroxylation is 2. The van der Waals surface area contributed by atoms with Gasteiger partial charge in [0.05, 0.1) is 29.4 Å². The fourth-order valence-corrected chi connectivity index (χ4v) is 4.82. The second-order valence-electron chi connectivity index (χ2n) is 7.96. The topological polar surface area (TPSA) is 112 Å². The molecule has 9 nitrogen and oxygen atoms in total. The number of fused-ring (bicyclic) bond motifs is 1. The normalized spacial score (nSPS) is 11.1. The van der Waals surface area contributed by atoms with Gasteiger partial charge in [0.25, 0.3) is 11.4 Å². The summed E-state index contributed by atoms with van der Waals surface area (Å²) in [7, 11) is 1.53. The number of anilines is 1. The number of aromatic nitrogens is 4. The second kappa shape index (κ2) is 9.15. The smallest absolute Gasteiger partial charge is 0.268 e. The number of nitrogens with zero attached hydrogens (tertiary/aromatic N) is 4. The first-order valence-electron chi connectivity index (χ1n) is 10.8. The maximum Gasteiger partial charge on any atom is 0.268 e. The van der Waals surface area contributed by atoms with Crippen molar-refractivity contribution in [2.75, 3.05) is 12.4 Å². The molecule has 35 heavy (non-hydrogen) atoms. The molecular weight excluding hydrogens is 466 g/mol. The number of hydrogen-bond donors (Lipinski definition) is 1. The van der Waals surface area contributed by atoms with Gasteiger partial charge in [-0.1, -0.05) is 41.6 Å². The molecular formula is C25H21N5O4S. The maximum atomic E-state index is 13.2. The third-order valence-corrected chi connectivity index (χ3v) is 6.70. The molecule has 0 atom stereocenters. The molecule has 0 unspecified atom stereocenters. The van der Waals surface area contributed by atoms with Crippen LogP contribution < -0.4 is 15.6 Å². The third-order valence-electron chi connectivity index (χ3n) is 5.51. The van der Waals surface area contributed by atoms with Gasteiger partial charge in [-0.05, 0) is 37.1 Å². The lowest BCUT2D eigenvalue weighted by Crippen LogP contribution is -2.28. The third kappa shape index (κ3) is 4.31. The molecule has 3 heterocycles. The number of carbonyl (C=O) groups is 1. The van der Waals surface area contributed by atoms with Crippen molar-refractivity contribution in [2.45, 2.75) is 20.4 Å². The summed E-state index contributed by atoms with van der Waals surface area (Å²) in [6.45, 7) is 3.54. The number of benzene rings is 2. The van der Waals surface area contributed by atoms with Gasteiger partial charge in [-0.15, -0.1) is 11.3 Å². The Labute approximate surface area is 204 Å². The van der Waals surface area contributed by atoms with Gasteiger partial charge in [0.1, 0.15) is 17.1 Å². The maximum absolute atomic E-state index is 13.2. The van der Waals surface area contributed by atoms with Crippen molar-refractivity contribution in [3.63, 3.8) is 0 Å². The number of thiophene rings is 1. The van der Waals surface area contributed by atoms with E-state index in [-0.39, 0.29) is 18.0 Å². The molecule has 0 saturated heterocycles. The minimum atomic E-state index is -0.366. The van der Waals surface area contributed by atoms with Crippen molar-refractivity contribution in [1.29, 1.82) is 0 Å². The Morgan fingerprint density at radius 1 is 1.17 bits per heavy atom. The van der Waals surface area contributed by atoms with E-state index < -0.39 is 0 Å². The van der Waals surface area contributed by atoms with E-state index in [9.17, 15) is 9.59 Å². The van der Waals surface area contributed by atoms with Crippen molar-refractivity contribution in [1.82, 2.24) is 19.7 Å². The van der Waals surface area contributed by atoms with Gasteiger partial charge < -0.3 is 14.6 Å². The van der Waals surface area contributed by atoms with Crippen LogP contribution in [0.3, 0.4) is 0 Å². The molecule has 0 saturated carbocycles.